The minimum absolute atomic E-state index is 0.0171. The summed E-state index contributed by atoms with van der Waals surface area (Å²) in [5.41, 5.74) is 0. The van der Waals surface area contributed by atoms with E-state index in [2.05, 4.69) is 74.6 Å². The van der Waals surface area contributed by atoms with E-state index in [4.69, 9.17) is 18.5 Å². The molecule has 2 unspecified atom stereocenters. The first kappa shape index (κ1) is 57.2. The van der Waals surface area contributed by atoms with Gasteiger partial charge in [0.1, 0.15) is 19.3 Å². The zero-order valence-corrected chi connectivity index (χ0v) is 39.8. The SMILES string of the molecule is CC/C=C\C/C=C\C/C=C\C/C=C\CCCCCOCC(COP(=O)([O-])OCC[N+](C)(C)C)OC(=O)CCCCCCCCCCC/C=C\CCCCCCCCCC. The Bertz CT molecular complexity index is 1130. The molecule has 8 nitrogen and oxygen atoms in total. The van der Waals surface area contributed by atoms with Gasteiger partial charge in [0, 0.05) is 13.0 Å². The van der Waals surface area contributed by atoms with Gasteiger partial charge in [0.05, 0.1) is 34.4 Å². The molecule has 2 atom stereocenters. The van der Waals surface area contributed by atoms with E-state index >= 15 is 0 Å². The molecule has 59 heavy (non-hydrogen) atoms. The third-order valence-electron chi connectivity index (χ3n) is 10.1. The van der Waals surface area contributed by atoms with Gasteiger partial charge in [0.25, 0.3) is 7.82 Å². The van der Waals surface area contributed by atoms with Crippen LogP contribution in [0.1, 0.15) is 194 Å². The minimum atomic E-state index is -4.54. The number of likely N-dealkylation sites (N-methyl/N-ethyl adjacent to an activating group) is 1. The van der Waals surface area contributed by atoms with Crippen molar-refractivity contribution in [2.45, 2.75) is 200 Å². The number of carbonyl (C=O) groups excluding carboxylic acids is 1. The van der Waals surface area contributed by atoms with E-state index in [1.54, 1.807) is 0 Å². The Kier molecular flexibility index (Phi) is 41.6. The van der Waals surface area contributed by atoms with Crippen LogP contribution in [0.5, 0.6) is 0 Å². The number of unbranched alkanes of at least 4 members (excludes halogenated alkanes) is 20. The highest BCUT2D eigenvalue weighted by Gasteiger charge is 2.20. The highest BCUT2D eigenvalue weighted by Crippen LogP contribution is 2.38. The number of nitrogens with zero attached hydrogens (tertiary/aromatic N) is 1. The summed E-state index contributed by atoms with van der Waals surface area (Å²) >= 11 is 0. The molecule has 0 saturated carbocycles. The zero-order valence-electron chi connectivity index (χ0n) is 38.9. The lowest BCUT2D eigenvalue weighted by molar-refractivity contribution is -0.870. The third kappa shape index (κ3) is 47.1. The average Bonchev–Trinajstić information content (AvgIpc) is 3.19. The highest BCUT2D eigenvalue weighted by molar-refractivity contribution is 7.45. The van der Waals surface area contributed by atoms with Gasteiger partial charge in [0.15, 0.2) is 0 Å². The van der Waals surface area contributed by atoms with E-state index in [1.165, 1.54) is 103 Å². The van der Waals surface area contributed by atoms with Gasteiger partial charge >= 0.3 is 5.97 Å². The summed E-state index contributed by atoms with van der Waals surface area (Å²) in [4.78, 5) is 25.1. The van der Waals surface area contributed by atoms with Crippen LogP contribution in [0.25, 0.3) is 0 Å². The van der Waals surface area contributed by atoms with E-state index in [1.807, 2.05) is 21.1 Å². The number of hydrogen-bond donors (Lipinski definition) is 0. The van der Waals surface area contributed by atoms with Crippen molar-refractivity contribution in [2.75, 3.05) is 54.1 Å². The second kappa shape index (κ2) is 42.9. The maximum atomic E-state index is 12.7. The van der Waals surface area contributed by atoms with Crippen molar-refractivity contribution in [3.05, 3.63) is 60.8 Å². The quantitative estimate of drug-likeness (QED) is 0.0198. The summed E-state index contributed by atoms with van der Waals surface area (Å²) in [6.45, 7) is 5.22. The summed E-state index contributed by atoms with van der Waals surface area (Å²) in [5.74, 6) is -0.348. The Morgan fingerprint density at radius 1 is 0.542 bits per heavy atom. The molecule has 9 heteroatoms. The molecule has 344 valence electrons. The lowest BCUT2D eigenvalue weighted by atomic mass is 10.1. The van der Waals surface area contributed by atoms with Gasteiger partial charge in [-0.3, -0.25) is 9.36 Å². The number of quaternary nitrogens is 1. The third-order valence-corrected chi connectivity index (χ3v) is 11.0. The van der Waals surface area contributed by atoms with Crippen LogP contribution < -0.4 is 4.89 Å². The van der Waals surface area contributed by atoms with Crippen molar-refractivity contribution in [1.82, 2.24) is 0 Å². The monoisotopic (exact) mass is 850 g/mol. The van der Waals surface area contributed by atoms with Crippen LogP contribution in [0, 0.1) is 0 Å². The van der Waals surface area contributed by atoms with Crippen LogP contribution in [0.3, 0.4) is 0 Å². The van der Waals surface area contributed by atoms with E-state index in [0.717, 1.165) is 70.6 Å². The van der Waals surface area contributed by atoms with Gasteiger partial charge < -0.3 is 27.9 Å². The molecule has 0 bridgehead atoms. The highest BCUT2D eigenvalue weighted by atomic mass is 31.2. The zero-order chi connectivity index (χ0) is 43.4. The molecule has 0 amide bonds. The summed E-state index contributed by atoms with van der Waals surface area (Å²) in [5, 5.41) is 0. The summed E-state index contributed by atoms with van der Waals surface area (Å²) in [7, 11) is 1.33. The van der Waals surface area contributed by atoms with Crippen molar-refractivity contribution in [1.29, 1.82) is 0 Å². The Labute approximate surface area is 364 Å². The van der Waals surface area contributed by atoms with Crippen LogP contribution in [-0.4, -0.2) is 70.7 Å². The Balaban J connectivity index is 4.22. The number of carbonyl (C=O) groups is 1. The van der Waals surface area contributed by atoms with E-state index < -0.39 is 13.9 Å². The van der Waals surface area contributed by atoms with Crippen LogP contribution in [0.15, 0.2) is 60.8 Å². The molecule has 0 aliphatic carbocycles. The smallest absolute Gasteiger partial charge is 0.306 e. The Morgan fingerprint density at radius 2 is 0.983 bits per heavy atom. The number of phosphoric acid groups is 1. The fourth-order valence-corrected chi connectivity index (χ4v) is 7.08. The van der Waals surface area contributed by atoms with Gasteiger partial charge in [-0.2, -0.15) is 0 Å². The van der Waals surface area contributed by atoms with Crippen LogP contribution in [-0.2, 0) is 27.9 Å². The predicted octanol–water partition coefficient (Wildman–Crippen LogP) is 13.9. The molecule has 0 heterocycles. The molecule has 0 fully saturated rings. The van der Waals surface area contributed by atoms with Crippen molar-refractivity contribution in [3.63, 3.8) is 0 Å². The molecular weight excluding hydrogens is 758 g/mol. The standard InChI is InChI=1S/C50H92NO7P/c1-6-8-10-12-14-16-18-20-22-24-25-26-27-28-29-31-33-35-37-39-41-43-50(52)58-49(48-57-59(53,54)56-46-44-51(3,4)5)47-55-45-42-40-38-36-34-32-30-23-21-19-17-15-13-11-9-7-2/h9,11,15,17,21,23-25,32,34,49H,6-8,10,12-14,16,18-20,22,26-31,33,35-48H2,1-5H3/b11-9-,17-15-,23-21-,25-24-,34-32-. The normalized spacial score (nSPS) is 14.2. The molecule has 0 radical (unpaired) electrons. The van der Waals surface area contributed by atoms with Gasteiger partial charge in [-0.15, -0.1) is 0 Å². The van der Waals surface area contributed by atoms with E-state index in [9.17, 15) is 14.3 Å². The molecule has 0 aliphatic rings. The van der Waals surface area contributed by atoms with Crippen molar-refractivity contribution >= 4 is 13.8 Å². The second-order valence-electron chi connectivity index (χ2n) is 17.1. The number of ether oxygens (including phenoxy) is 2. The van der Waals surface area contributed by atoms with Crippen molar-refractivity contribution < 1.29 is 37.3 Å². The number of rotatable bonds is 44. The average molecular weight is 850 g/mol. The Morgan fingerprint density at radius 3 is 1.49 bits per heavy atom. The first-order valence-electron chi connectivity index (χ1n) is 24.0. The summed E-state index contributed by atoms with van der Waals surface area (Å²) in [6, 6.07) is 0. The molecular formula is C50H92NO7P. The number of esters is 1. The van der Waals surface area contributed by atoms with Crippen molar-refractivity contribution in [2.24, 2.45) is 0 Å². The number of allylic oxidation sites excluding steroid dienone is 10. The molecule has 0 saturated heterocycles. The van der Waals surface area contributed by atoms with E-state index in [0.29, 0.717) is 24.1 Å². The first-order chi connectivity index (χ1) is 28.6. The minimum Gasteiger partial charge on any atom is -0.756 e. The number of hydrogen-bond acceptors (Lipinski definition) is 7. The van der Waals surface area contributed by atoms with E-state index in [-0.39, 0.29) is 25.8 Å². The fraction of sp³-hybridized carbons (Fsp3) is 0.780. The molecule has 0 aromatic heterocycles. The summed E-state index contributed by atoms with van der Waals surface area (Å²) < 4.78 is 34.6. The fourth-order valence-electron chi connectivity index (χ4n) is 6.36. The van der Waals surface area contributed by atoms with Crippen LogP contribution in [0.4, 0.5) is 0 Å². The molecule has 0 aliphatic heterocycles. The van der Waals surface area contributed by atoms with Crippen molar-refractivity contribution in [3.8, 4) is 0 Å². The molecule has 0 aromatic carbocycles. The number of phosphoric ester groups is 1. The molecule has 0 aromatic rings. The van der Waals surface area contributed by atoms with Crippen LogP contribution >= 0.6 is 7.82 Å². The van der Waals surface area contributed by atoms with Gasteiger partial charge in [-0.1, -0.05) is 171 Å². The topological polar surface area (TPSA) is 94.1 Å². The lowest BCUT2D eigenvalue weighted by Gasteiger charge is -2.28. The predicted molar refractivity (Wildman–Crippen MR) is 249 cm³/mol. The largest absolute Gasteiger partial charge is 0.756 e. The Hall–Kier alpha value is -1.80. The van der Waals surface area contributed by atoms with Gasteiger partial charge in [-0.25, -0.2) is 0 Å². The van der Waals surface area contributed by atoms with Crippen LogP contribution in [0.2, 0.25) is 0 Å². The van der Waals surface area contributed by atoms with Gasteiger partial charge in [-0.05, 0) is 77.0 Å². The second-order valence-corrected chi connectivity index (χ2v) is 18.5. The maximum Gasteiger partial charge on any atom is 0.306 e. The molecule has 0 spiro atoms. The summed E-state index contributed by atoms with van der Waals surface area (Å²) in [6.07, 6.45) is 53.9. The first-order valence-corrected chi connectivity index (χ1v) is 25.5. The van der Waals surface area contributed by atoms with Gasteiger partial charge in [0.2, 0.25) is 0 Å². The molecule has 0 rings (SSSR count). The molecule has 0 N–H and O–H groups in total. The maximum absolute atomic E-state index is 12.7. The lowest BCUT2D eigenvalue weighted by Crippen LogP contribution is -2.37.